The number of piperidine rings is 1. The molecule has 0 aliphatic carbocycles. The summed E-state index contributed by atoms with van der Waals surface area (Å²) in [7, 11) is 3.68. The molecule has 0 amide bonds. The third-order valence-corrected chi connectivity index (χ3v) is 4.80. The van der Waals surface area contributed by atoms with Gasteiger partial charge >= 0.3 is 0 Å². The lowest BCUT2D eigenvalue weighted by Gasteiger charge is -2.33. The van der Waals surface area contributed by atoms with E-state index in [0.29, 0.717) is 5.92 Å². The van der Waals surface area contributed by atoms with E-state index < -0.39 is 0 Å². The second-order valence-electron chi connectivity index (χ2n) is 6.39. The molecular weight excluding hydrogens is 264 g/mol. The van der Waals surface area contributed by atoms with Gasteiger partial charge in [-0.3, -0.25) is 4.99 Å². The van der Waals surface area contributed by atoms with Crippen LogP contribution in [0.4, 0.5) is 0 Å². The number of guanidine groups is 1. The molecule has 0 bridgehead atoms. The number of hydrogen-bond donors (Lipinski definition) is 1. The van der Waals surface area contributed by atoms with Crippen molar-refractivity contribution < 1.29 is 4.74 Å². The molecule has 2 atom stereocenters. The fourth-order valence-corrected chi connectivity index (χ4v) is 3.57. The standard InChI is InChI=1S/C16H32N4O/c1-4-19-8-5-6-14(11-19)10-18-16(17-2)20-9-7-15(12-20)13-21-3/h14-15H,4-13H2,1-3H3,(H,17,18). The maximum atomic E-state index is 5.27. The molecule has 0 saturated carbocycles. The van der Waals surface area contributed by atoms with Crippen molar-refractivity contribution >= 4 is 5.96 Å². The van der Waals surface area contributed by atoms with Crippen LogP contribution in [0.25, 0.3) is 0 Å². The number of nitrogens with one attached hydrogen (secondary N) is 1. The van der Waals surface area contributed by atoms with Crippen molar-refractivity contribution in [1.82, 2.24) is 15.1 Å². The summed E-state index contributed by atoms with van der Waals surface area (Å²) in [6.45, 7) is 10.0. The Bertz CT molecular complexity index is 334. The zero-order valence-corrected chi connectivity index (χ0v) is 14.0. The highest BCUT2D eigenvalue weighted by Gasteiger charge is 2.25. The maximum Gasteiger partial charge on any atom is 0.193 e. The first-order chi connectivity index (χ1) is 10.3. The van der Waals surface area contributed by atoms with E-state index in [2.05, 4.69) is 27.0 Å². The van der Waals surface area contributed by atoms with E-state index in [1.54, 1.807) is 7.11 Å². The van der Waals surface area contributed by atoms with Crippen molar-refractivity contribution in [3.63, 3.8) is 0 Å². The molecule has 21 heavy (non-hydrogen) atoms. The van der Waals surface area contributed by atoms with Gasteiger partial charge in [-0.2, -0.15) is 0 Å². The highest BCUT2D eigenvalue weighted by Crippen LogP contribution is 2.18. The predicted molar refractivity (Wildman–Crippen MR) is 87.8 cm³/mol. The second-order valence-corrected chi connectivity index (χ2v) is 6.39. The number of likely N-dealkylation sites (tertiary alicyclic amines) is 2. The van der Waals surface area contributed by atoms with Crippen LogP contribution in [0, 0.1) is 11.8 Å². The molecule has 2 rings (SSSR count). The molecule has 0 aromatic carbocycles. The van der Waals surface area contributed by atoms with E-state index >= 15 is 0 Å². The number of ether oxygens (including phenoxy) is 1. The predicted octanol–water partition coefficient (Wildman–Crippen LogP) is 1.26. The first-order valence-corrected chi connectivity index (χ1v) is 8.43. The van der Waals surface area contributed by atoms with E-state index in [1.165, 1.54) is 38.9 Å². The van der Waals surface area contributed by atoms with Crippen LogP contribution < -0.4 is 5.32 Å². The molecule has 2 aliphatic heterocycles. The van der Waals surface area contributed by atoms with Crippen LogP contribution in [0.3, 0.4) is 0 Å². The van der Waals surface area contributed by atoms with Gasteiger partial charge in [0.15, 0.2) is 5.96 Å². The fraction of sp³-hybridized carbons (Fsp3) is 0.938. The van der Waals surface area contributed by atoms with E-state index in [9.17, 15) is 0 Å². The van der Waals surface area contributed by atoms with Crippen LogP contribution in [0.15, 0.2) is 4.99 Å². The first kappa shape index (κ1) is 16.6. The molecule has 0 radical (unpaired) electrons. The summed E-state index contributed by atoms with van der Waals surface area (Å²) in [5.74, 6) is 2.48. The summed E-state index contributed by atoms with van der Waals surface area (Å²) >= 11 is 0. The fourth-order valence-electron chi connectivity index (χ4n) is 3.57. The molecule has 2 saturated heterocycles. The monoisotopic (exact) mass is 296 g/mol. The first-order valence-electron chi connectivity index (χ1n) is 8.43. The topological polar surface area (TPSA) is 40.1 Å². The van der Waals surface area contributed by atoms with Gasteiger partial charge in [0.2, 0.25) is 0 Å². The van der Waals surface area contributed by atoms with Gasteiger partial charge in [-0.1, -0.05) is 6.92 Å². The number of hydrogen-bond acceptors (Lipinski definition) is 3. The third-order valence-electron chi connectivity index (χ3n) is 4.80. The molecule has 5 nitrogen and oxygen atoms in total. The minimum Gasteiger partial charge on any atom is -0.384 e. The summed E-state index contributed by atoms with van der Waals surface area (Å²) in [6, 6.07) is 0. The molecule has 2 fully saturated rings. The van der Waals surface area contributed by atoms with E-state index in [-0.39, 0.29) is 0 Å². The van der Waals surface area contributed by atoms with Crippen LogP contribution >= 0.6 is 0 Å². The molecule has 0 spiro atoms. The zero-order chi connectivity index (χ0) is 15.1. The van der Waals surface area contributed by atoms with Crippen LogP contribution in [-0.4, -0.2) is 75.8 Å². The summed E-state index contributed by atoms with van der Waals surface area (Å²) in [4.78, 5) is 9.40. The van der Waals surface area contributed by atoms with Crippen molar-refractivity contribution in [3.05, 3.63) is 0 Å². The quantitative estimate of drug-likeness (QED) is 0.612. The average molecular weight is 296 g/mol. The van der Waals surface area contributed by atoms with Crippen molar-refractivity contribution in [2.75, 3.05) is 60.0 Å². The van der Waals surface area contributed by atoms with Crippen LogP contribution in [0.1, 0.15) is 26.2 Å². The van der Waals surface area contributed by atoms with Crippen molar-refractivity contribution in [3.8, 4) is 0 Å². The largest absolute Gasteiger partial charge is 0.384 e. The van der Waals surface area contributed by atoms with Crippen LogP contribution in [0.5, 0.6) is 0 Å². The van der Waals surface area contributed by atoms with Crippen molar-refractivity contribution in [2.24, 2.45) is 16.8 Å². The van der Waals surface area contributed by atoms with Crippen LogP contribution in [-0.2, 0) is 4.74 Å². The van der Waals surface area contributed by atoms with Crippen molar-refractivity contribution in [2.45, 2.75) is 26.2 Å². The lowest BCUT2D eigenvalue weighted by Crippen LogP contribution is -2.45. The smallest absolute Gasteiger partial charge is 0.193 e. The Morgan fingerprint density at radius 1 is 1.24 bits per heavy atom. The van der Waals surface area contributed by atoms with Gasteiger partial charge < -0.3 is 19.9 Å². The minimum absolute atomic E-state index is 0.652. The molecule has 1 N–H and O–H groups in total. The highest BCUT2D eigenvalue weighted by atomic mass is 16.5. The van der Waals surface area contributed by atoms with Gasteiger partial charge in [-0.25, -0.2) is 0 Å². The van der Waals surface area contributed by atoms with E-state index in [1.807, 2.05) is 7.05 Å². The van der Waals surface area contributed by atoms with Gasteiger partial charge in [0.05, 0.1) is 6.61 Å². The SMILES string of the molecule is CCN1CCCC(CNC(=NC)N2CCC(COC)C2)C1. The summed E-state index contributed by atoms with van der Waals surface area (Å²) in [6.07, 6.45) is 3.88. The van der Waals surface area contributed by atoms with Gasteiger partial charge in [0.1, 0.15) is 0 Å². The van der Waals surface area contributed by atoms with Gasteiger partial charge in [-0.05, 0) is 38.3 Å². The van der Waals surface area contributed by atoms with Gasteiger partial charge in [0.25, 0.3) is 0 Å². The molecule has 2 unspecified atom stereocenters. The normalized spacial score (nSPS) is 28.1. The Balaban J connectivity index is 1.75. The van der Waals surface area contributed by atoms with Gasteiger partial charge in [-0.15, -0.1) is 0 Å². The number of aliphatic imine (C=N–C) groups is 1. The van der Waals surface area contributed by atoms with Crippen LogP contribution in [0.2, 0.25) is 0 Å². The molecular formula is C16H32N4O. The highest BCUT2D eigenvalue weighted by molar-refractivity contribution is 5.80. The number of methoxy groups -OCH3 is 1. The molecule has 0 aromatic rings. The van der Waals surface area contributed by atoms with E-state index in [4.69, 9.17) is 4.74 Å². The third kappa shape index (κ3) is 4.85. The van der Waals surface area contributed by atoms with Gasteiger partial charge in [0, 0.05) is 46.3 Å². The maximum absolute atomic E-state index is 5.27. The Labute approximate surface area is 129 Å². The molecule has 0 aromatic heterocycles. The minimum atomic E-state index is 0.652. The number of rotatable bonds is 5. The molecule has 122 valence electrons. The lowest BCUT2D eigenvalue weighted by atomic mass is 9.98. The number of nitrogens with zero attached hydrogens (tertiary/aromatic N) is 3. The summed E-state index contributed by atoms with van der Waals surface area (Å²) < 4.78 is 5.27. The molecule has 5 heteroatoms. The van der Waals surface area contributed by atoms with E-state index in [0.717, 1.165) is 38.1 Å². The Morgan fingerprint density at radius 3 is 2.81 bits per heavy atom. The molecule has 2 aliphatic rings. The Morgan fingerprint density at radius 2 is 2.10 bits per heavy atom. The average Bonchev–Trinajstić information content (AvgIpc) is 2.97. The molecule has 2 heterocycles. The Hall–Kier alpha value is -0.810. The lowest BCUT2D eigenvalue weighted by molar-refractivity contribution is 0.157. The second kappa shape index (κ2) is 8.59. The van der Waals surface area contributed by atoms with Crippen molar-refractivity contribution in [1.29, 1.82) is 0 Å². The zero-order valence-electron chi connectivity index (χ0n) is 14.0. The summed E-state index contributed by atoms with van der Waals surface area (Å²) in [5, 5.41) is 3.60. The Kier molecular flexibility index (Phi) is 6.77. The summed E-state index contributed by atoms with van der Waals surface area (Å²) in [5.41, 5.74) is 0.